The quantitative estimate of drug-likeness (QED) is 0.581. The van der Waals surface area contributed by atoms with E-state index in [1.54, 1.807) is 17.9 Å². The smallest absolute Gasteiger partial charge is 0.257 e. The van der Waals surface area contributed by atoms with Gasteiger partial charge in [0.15, 0.2) is 0 Å². The van der Waals surface area contributed by atoms with Crippen molar-refractivity contribution in [2.45, 2.75) is 33.2 Å². The summed E-state index contributed by atoms with van der Waals surface area (Å²) in [6, 6.07) is 11.7. The van der Waals surface area contributed by atoms with Crippen LogP contribution in [0.3, 0.4) is 0 Å². The Morgan fingerprint density at radius 1 is 0.931 bits per heavy atom. The number of amides is 2. The largest absolute Gasteiger partial charge is 0.469 e. The molecule has 158 valence electrons. The third kappa shape index (κ3) is 7.06. The number of carbonyl (C=O) groups excluding carboxylic acids is 2. The normalized spacial score (nSPS) is 10.9. The van der Waals surface area contributed by atoms with E-state index < -0.39 is 0 Å². The lowest BCUT2D eigenvalue weighted by atomic mass is 10.2. The first-order chi connectivity index (χ1) is 13.9. The molecule has 2 rings (SSSR count). The third-order valence-corrected chi connectivity index (χ3v) is 4.85. The van der Waals surface area contributed by atoms with Gasteiger partial charge in [-0.1, -0.05) is 37.3 Å². The molecule has 1 aromatic carbocycles. The van der Waals surface area contributed by atoms with E-state index in [9.17, 15) is 9.59 Å². The molecule has 2 amide bonds. The van der Waals surface area contributed by atoms with E-state index in [1.165, 1.54) is 6.26 Å². The van der Waals surface area contributed by atoms with Gasteiger partial charge in [0.05, 0.1) is 11.8 Å². The van der Waals surface area contributed by atoms with E-state index in [0.717, 1.165) is 18.5 Å². The molecule has 0 unspecified atom stereocenters. The van der Waals surface area contributed by atoms with Crippen LogP contribution in [0, 0.1) is 6.92 Å². The summed E-state index contributed by atoms with van der Waals surface area (Å²) >= 11 is 0. The Hall–Kier alpha value is -2.60. The lowest BCUT2D eigenvalue weighted by molar-refractivity contribution is -0.132. The van der Waals surface area contributed by atoms with E-state index in [4.69, 9.17) is 4.42 Å². The summed E-state index contributed by atoms with van der Waals surface area (Å²) < 4.78 is 5.27. The highest BCUT2D eigenvalue weighted by Crippen LogP contribution is 2.14. The first-order valence-corrected chi connectivity index (χ1v) is 10.2. The predicted octanol–water partition coefficient (Wildman–Crippen LogP) is 3.42. The number of carbonyl (C=O) groups is 2. The fourth-order valence-corrected chi connectivity index (χ4v) is 3.17. The molecule has 0 bridgehead atoms. The average Bonchev–Trinajstić information content (AvgIpc) is 3.14. The van der Waals surface area contributed by atoms with Crippen LogP contribution in [-0.4, -0.2) is 66.8 Å². The summed E-state index contributed by atoms with van der Waals surface area (Å²) in [5.74, 6) is 0.599. The molecule has 0 spiro atoms. The zero-order valence-corrected chi connectivity index (χ0v) is 18.1. The van der Waals surface area contributed by atoms with Gasteiger partial charge in [0.2, 0.25) is 5.91 Å². The summed E-state index contributed by atoms with van der Waals surface area (Å²) in [5, 5.41) is 0. The Kier molecular flexibility index (Phi) is 8.93. The number of likely N-dealkylation sites (N-methyl/N-ethyl adjacent to an activating group) is 1. The van der Waals surface area contributed by atoms with Gasteiger partial charge in [-0.25, -0.2) is 0 Å². The molecule has 0 aliphatic carbocycles. The van der Waals surface area contributed by atoms with Crippen LogP contribution < -0.4 is 0 Å². The number of benzene rings is 1. The molecule has 0 N–H and O–H groups in total. The van der Waals surface area contributed by atoms with Crippen molar-refractivity contribution >= 4 is 11.8 Å². The molecule has 0 aliphatic rings. The van der Waals surface area contributed by atoms with E-state index in [0.29, 0.717) is 43.9 Å². The summed E-state index contributed by atoms with van der Waals surface area (Å²) in [4.78, 5) is 31.5. The van der Waals surface area contributed by atoms with Crippen molar-refractivity contribution < 1.29 is 14.0 Å². The zero-order chi connectivity index (χ0) is 21.2. The van der Waals surface area contributed by atoms with Crippen molar-refractivity contribution in [1.82, 2.24) is 14.7 Å². The molecule has 0 fully saturated rings. The fraction of sp³-hybridized carbons (Fsp3) is 0.478. The lowest BCUT2D eigenvalue weighted by Gasteiger charge is -2.27. The monoisotopic (exact) mass is 399 g/mol. The average molecular weight is 400 g/mol. The Bertz CT molecular complexity index is 771. The van der Waals surface area contributed by atoms with Gasteiger partial charge in [-0.2, -0.15) is 0 Å². The van der Waals surface area contributed by atoms with Crippen molar-refractivity contribution in [2.75, 3.05) is 40.3 Å². The molecule has 0 radical (unpaired) electrons. The molecule has 1 aromatic heterocycles. The summed E-state index contributed by atoms with van der Waals surface area (Å²) in [6.07, 6.45) is 2.68. The Labute approximate surface area is 174 Å². The van der Waals surface area contributed by atoms with Gasteiger partial charge in [-0.3, -0.25) is 9.59 Å². The van der Waals surface area contributed by atoms with Crippen LogP contribution in [0.1, 0.15) is 41.4 Å². The SMILES string of the molecule is CCCN(CCC(=O)N(CCN(C)C)Cc1ccccc1)C(=O)c1ccoc1C. The minimum absolute atomic E-state index is 0.0634. The number of hydrogen-bond acceptors (Lipinski definition) is 4. The zero-order valence-electron chi connectivity index (χ0n) is 18.1. The Morgan fingerprint density at radius 2 is 1.66 bits per heavy atom. The number of nitrogens with zero attached hydrogens (tertiary/aromatic N) is 3. The van der Waals surface area contributed by atoms with Gasteiger partial charge < -0.3 is 19.1 Å². The summed E-state index contributed by atoms with van der Waals surface area (Å²) in [7, 11) is 4.00. The molecule has 2 aromatic rings. The second-order valence-corrected chi connectivity index (χ2v) is 7.54. The lowest BCUT2D eigenvalue weighted by Crippen LogP contribution is -2.39. The Morgan fingerprint density at radius 3 is 2.24 bits per heavy atom. The minimum atomic E-state index is -0.0752. The maximum atomic E-state index is 13.0. The summed E-state index contributed by atoms with van der Waals surface area (Å²) in [5.41, 5.74) is 1.68. The van der Waals surface area contributed by atoms with Crippen LogP contribution in [0.4, 0.5) is 0 Å². The van der Waals surface area contributed by atoms with Gasteiger partial charge >= 0.3 is 0 Å². The first-order valence-electron chi connectivity index (χ1n) is 10.2. The molecule has 29 heavy (non-hydrogen) atoms. The van der Waals surface area contributed by atoms with E-state index in [-0.39, 0.29) is 11.8 Å². The van der Waals surface area contributed by atoms with Crippen molar-refractivity contribution in [3.05, 3.63) is 59.5 Å². The first kappa shape index (κ1) is 22.7. The van der Waals surface area contributed by atoms with Crippen molar-refractivity contribution in [2.24, 2.45) is 0 Å². The van der Waals surface area contributed by atoms with Gasteiger partial charge in [-0.05, 0) is 39.1 Å². The fourth-order valence-electron chi connectivity index (χ4n) is 3.17. The molecular weight excluding hydrogens is 366 g/mol. The van der Waals surface area contributed by atoms with E-state index in [1.807, 2.05) is 56.3 Å². The van der Waals surface area contributed by atoms with Crippen molar-refractivity contribution in [1.29, 1.82) is 0 Å². The molecule has 0 aliphatic heterocycles. The van der Waals surface area contributed by atoms with Crippen LogP contribution >= 0.6 is 0 Å². The molecule has 6 heteroatoms. The third-order valence-electron chi connectivity index (χ3n) is 4.85. The highest BCUT2D eigenvalue weighted by atomic mass is 16.3. The second-order valence-electron chi connectivity index (χ2n) is 7.54. The van der Waals surface area contributed by atoms with Crippen LogP contribution in [-0.2, 0) is 11.3 Å². The topological polar surface area (TPSA) is 57.0 Å². The van der Waals surface area contributed by atoms with E-state index in [2.05, 4.69) is 4.90 Å². The number of hydrogen-bond donors (Lipinski definition) is 0. The van der Waals surface area contributed by atoms with Gasteiger partial charge in [0.1, 0.15) is 5.76 Å². The van der Waals surface area contributed by atoms with Crippen LogP contribution in [0.15, 0.2) is 47.1 Å². The molecule has 0 saturated carbocycles. The van der Waals surface area contributed by atoms with Gasteiger partial charge in [-0.15, -0.1) is 0 Å². The number of rotatable bonds is 11. The van der Waals surface area contributed by atoms with Gasteiger partial charge in [0, 0.05) is 39.1 Å². The molecule has 6 nitrogen and oxygen atoms in total. The standard InChI is InChI=1S/C23H33N3O3/c1-5-13-25(23(28)21-12-17-29-19(21)2)14-11-22(27)26(16-15-24(3)4)18-20-9-7-6-8-10-20/h6-10,12,17H,5,11,13-16,18H2,1-4H3. The number of aryl methyl sites for hydroxylation is 1. The molecule has 0 atom stereocenters. The second kappa shape index (κ2) is 11.4. The minimum Gasteiger partial charge on any atom is -0.469 e. The Balaban J connectivity index is 2.03. The van der Waals surface area contributed by atoms with Crippen LogP contribution in [0.25, 0.3) is 0 Å². The predicted molar refractivity (Wildman–Crippen MR) is 115 cm³/mol. The molecular formula is C23H33N3O3. The van der Waals surface area contributed by atoms with Crippen molar-refractivity contribution in [3.8, 4) is 0 Å². The van der Waals surface area contributed by atoms with Crippen LogP contribution in [0.5, 0.6) is 0 Å². The molecule has 0 saturated heterocycles. The highest BCUT2D eigenvalue weighted by Gasteiger charge is 2.21. The van der Waals surface area contributed by atoms with E-state index >= 15 is 0 Å². The number of furan rings is 1. The maximum absolute atomic E-state index is 13.0. The van der Waals surface area contributed by atoms with Crippen molar-refractivity contribution in [3.63, 3.8) is 0 Å². The maximum Gasteiger partial charge on any atom is 0.257 e. The van der Waals surface area contributed by atoms with Crippen LogP contribution in [0.2, 0.25) is 0 Å². The highest BCUT2D eigenvalue weighted by molar-refractivity contribution is 5.95. The molecule has 1 heterocycles. The van der Waals surface area contributed by atoms with Gasteiger partial charge in [0.25, 0.3) is 5.91 Å². The summed E-state index contributed by atoms with van der Waals surface area (Å²) in [6.45, 7) is 6.87.